The third-order valence-electron chi connectivity index (χ3n) is 4.93. The van der Waals surface area contributed by atoms with Crippen molar-refractivity contribution in [2.24, 2.45) is 0 Å². The first kappa shape index (κ1) is 20.7. The molecule has 0 spiro atoms. The van der Waals surface area contributed by atoms with Crippen molar-refractivity contribution in [3.8, 4) is 11.5 Å². The predicted octanol–water partition coefficient (Wildman–Crippen LogP) is 3.15. The van der Waals surface area contributed by atoms with E-state index in [1.54, 1.807) is 17.0 Å². The Morgan fingerprint density at radius 3 is 2.07 bits per heavy atom. The van der Waals surface area contributed by atoms with E-state index in [1.165, 1.54) is 0 Å². The zero-order chi connectivity index (χ0) is 20.6. The molecule has 2 aromatic rings. The predicted molar refractivity (Wildman–Crippen MR) is 111 cm³/mol. The van der Waals surface area contributed by atoms with Crippen molar-refractivity contribution >= 4 is 11.8 Å². The number of benzene rings is 2. The van der Waals surface area contributed by atoms with Gasteiger partial charge in [0.1, 0.15) is 11.5 Å². The standard InChI is InChI=1S/C23H28N2O4/c1-3-28-20-9-11-21(12-10-20)29-17-22(26)24-13-4-14-25(16-15-24)23(27)19-7-5-18(2)6-8-19/h5-12H,3-4,13-17H2,1-2H3. The minimum absolute atomic E-state index is 0.0140. The van der Waals surface area contributed by atoms with Gasteiger partial charge in [-0.3, -0.25) is 9.59 Å². The SMILES string of the molecule is CCOc1ccc(OCC(=O)N2CCCN(C(=O)c3ccc(C)cc3)CC2)cc1. The van der Waals surface area contributed by atoms with Crippen LogP contribution in [0.5, 0.6) is 11.5 Å². The maximum atomic E-state index is 12.7. The van der Waals surface area contributed by atoms with E-state index in [2.05, 4.69) is 0 Å². The molecule has 0 unspecified atom stereocenters. The smallest absolute Gasteiger partial charge is 0.260 e. The van der Waals surface area contributed by atoms with E-state index in [1.807, 2.05) is 55.1 Å². The molecule has 0 radical (unpaired) electrons. The van der Waals surface area contributed by atoms with E-state index in [4.69, 9.17) is 9.47 Å². The Morgan fingerprint density at radius 1 is 0.828 bits per heavy atom. The lowest BCUT2D eigenvalue weighted by Crippen LogP contribution is -2.39. The molecule has 154 valence electrons. The van der Waals surface area contributed by atoms with Gasteiger partial charge < -0.3 is 19.3 Å². The van der Waals surface area contributed by atoms with Crippen LogP contribution in [-0.4, -0.2) is 61.0 Å². The van der Waals surface area contributed by atoms with Gasteiger partial charge in [-0.1, -0.05) is 17.7 Å². The van der Waals surface area contributed by atoms with Crippen LogP contribution in [0.1, 0.15) is 29.3 Å². The third-order valence-corrected chi connectivity index (χ3v) is 4.93. The van der Waals surface area contributed by atoms with E-state index < -0.39 is 0 Å². The van der Waals surface area contributed by atoms with Crippen LogP contribution in [0.4, 0.5) is 0 Å². The van der Waals surface area contributed by atoms with E-state index >= 15 is 0 Å². The number of amides is 2. The van der Waals surface area contributed by atoms with Crippen molar-refractivity contribution in [3.63, 3.8) is 0 Å². The quantitative estimate of drug-likeness (QED) is 0.753. The molecular weight excluding hydrogens is 368 g/mol. The molecule has 0 atom stereocenters. The molecule has 3 rings (SSSR count). The summed E-state index contributed by atoms with van der Waals surface area (Å²) in [6, 6.07) is 14.8. The highest BCUT2D eigenvalue weighted by Crippen LogP contribution is 2.18. The third kappa shape index (κ3) is 5.73. The molecule has 0 saturated carbocycles. The fourth-order valence-electron chi connectivity index (χ4n) is 3.28. The largest absolute Gasteiger partial charge is 0.494 e. The van der Waals surface area contributed by atoms with E-state index in [0.717, 1.165) is 17.7 Å². The number of carbonyl (C=O) groups is 2. The van der Waals surface area contributed by atoms with Crippen LogP contribution in [0, 0.1) is 6.92 Å². The monoisotopic (exact) mass is 396 g/mol. The lowest BCUT2D eigenvalue weighted by atomic mass is 10.1. The van der Waals surface area contributed by atoms with Gasteiger partial charge in [0.05, 0.1) is 6.61 Å². The van der Waals surface area contributed by atoms with Crippen molar-refractivity contribution < 1.29 is 19.1 Å². The van der Waals surface area contributed by atoms with Crippen molar-refractivity contribution in [1.29, 1.82) is 0 Å². The molecule has 2 amide bonds. The minimum atomic E-state index is -0.0662. The summed E-state index contributed by atoms with van der Waals surface area (Å²) < 4.78 is 11.0. The average molecular weight is 396 g/mol. The van der Waals surface area contributed by atoms with Gasteiger partial charge in [0.25, 0.3) is 11.8 Å². The first-order valence-corrected chi connectivity index (χ1v) is 10.1. The van der Waals surface area contributed by atoms with Crippen LogP contribution in [0.15, 0.2) is 48.5 Å². The lowest BCUT2D eigenvalue weighted by molar-refractivity contribution is -0.133. The maximum absolute atomic E-state index is 12.7. The average Bonchev–Trinajstić information content (AvgIpc) is 3.00. The first-order chi connectivity index (χ1) is 14.1. The van der Waals surface area contributed by atoms with Gasteiger partial charge in [-0.25, -0.2) is 0 Å². The Kier molecular flexibility index (Phi) is 7.11. The van der Waals surface area contributed by atoms with Gasteiger partial charge in [0, 0.05) is 31.7 Å². The van der Waals surface area contributed by atoms with Crippen LogP contribution in [0.25, 0.3) is 0 Å². The van der Waals surface area contributed by atoms with Crippen LogP contribution in [0.2, 0.25) is 0 Å². The number of hydrogen-bond donors (Lipinski definition) is 0. The number of carbonyl (C=O) groups excluding carboxylic acids is 2. The minimum Gasteiger partial charge on any atom is -0.494 e. The molecule has 1 fully saturated rings. The fourth-order valence-corrected chi connectivity index (χ4v) is 3.28. The second-order valence-corrected chi connectivity index (χ2v) is 7.09. The summed E-state index contributed by atoms with van der Waals surface area (Å²) >= 11 is 0. The molecule has 1 heterocycles. The summed E-state index contributed by atoms with van der Waals surface area (Å²) in [4.78, 5) is 28.9. The first-order valence-electron chi connectivity index (χ1n) is 10.1. The van der Waals surface area contributed by atoms with Crippen LogP contribution in [-0.2, 0) is 4.79 Å². The van der Waals surface area contributed by atoms with Gasteiger partial charge >= 0.3 is 0 Å². The molecule has 2 aromatic carbocycles. The zero-order valence-electron chi connectivity index (χ0n) is 17.1. The van der Waals surface area contributed by atoms with E-state index in [9.17, 15) is 9.59 Å². The summed E-state index contributed by atoms with van der Waals surface area (Å²) in [5.41, 5.74) is 1.82. The molecule has 0 aromatic heterocycles. The summed E-state index contributed by atoms with van der Waals surface area (Å²) in [6.07, 6.45) is 0.756. The van der Waals surface area contributed by atoms with Crippen molar-refractivity contribution in [1.82, 2.24) is 9.80 Å². The Bertz CT molecular complexity index is 818. The summed E-state index contributed by atoms with van der Waals surface area (Å²) in [7, 11) is 0. The van der Waals surface area contributed by atoms with Crippen molar-refractivity contribution in [3.05, 3.63) is 59.7 Å². The number of hydrogen-bond acceptors (Lipinski definition) is 4. The van der Waals surface area contributed by atoms with Gasteiger partial charge in [0.2, 0.25) is 0 Å². The van der Waals surface area contributed by atoms with Crippen LogP contribution in [0.3, 0.4) is 0 Å². The Hall–Kier alpha value is -3.02. The highest BCUT2D eigenvalue weighted by molar-refractivity contribution is 5.94. The van der Waals surface area contributed by atoms with Crippen molar-refractivity contribution in [2.45, 2.75) is 20.3 Å². The highest BCUT2D eigenvalue weighted by Gasteiger charge is 2.23. The molecule has 1 aliphatic rings. The fraction of sp³-hybridized carbons (Fsp3) is 0.391. The Balaban J connectivity index is 1.50. The molecule has 0 N–H and O–H groups in total. The zero-order valence-corrected chi connectivity index (χ0v) is 17.1. The summed E-state index contributed by atoms with van der Waals surface area (Å²) in [5, 5.41) is 0. The lowest BCUT2D eigenvalue weighted by Gasteiger charge is -2.22. The maximum Gasteiger partial charge on any atom is 0.260 e. The Labute approximate surface area is 172 Å². The summed E-state index contributed by atoms with van der Waals surface area (Å²) in [5.74, 6) is 1.36. The second kappa shape index (κ2) is 9.96. The van der Waals surface area contributed by atoms with Gasteiger partial charge in [-0.2, -0.15) is 0 Å². The molecule has 6 nitrogen and oxygen atoms in total. The van der Waals surface area contributed by atoms with Gasteiger partial charge in [-0.05, 0) is 56.7 Å². The van der Waals surface area contributed by atoms with E-state index in [0.29, 0.717) is 44.1 Å². The molecule has 29 heavy (non-hydrogen) atoms. The molecule has 1 saturated heterocycles. The van der Waals surface area contributed by atoms with Gasteiger partial charge in [0.15, 0.2) is 6.61 Å². The van der Waals surface area contributed by atoms with Crippen molar-refractivity contribution in [2.75, 3.05) is 39.4 Å². The molecule has 0 bridgehead atoms. The Morgan fingerprint density at radius 2 is 1.41 bits per heavy atom. The van der Waals surface area contributed by atoms with Crippen LogP contribution >= 0.6 is 0 Å². The normalized spacial score (nSPS) is 14.3. The summed E-state index contributed by atoms with van der Waals surface area (Å²) in [6.45, 7) is 6.85. The van der Waals surface area contributed by atoms with Gasteiger partial charge in [-0.15, -0.1) is 0 Å². The van der Waals surface area contributed by atoms with Crippen LogP contribution < -0.4 is 9.47 Å². The van der Waals surface area contributed by atoms with E-state index in [-0.39, 0.29) is 18.4 Å². The molecular formula is C23H28N2O4. The molecule has 6 heteroatoms. The number of rotatable bonds is 6. The molecule has 1 aliphatic heterocycles. The second-order valence-electron chi connectivity index (χ2n) is 7.09. The topological polar surface area (TPSA) is 59.1 Å². The number of aryl methyl sites for hydroxylation is 1. The number of nitrogens with zero attached hydrogens (tertiary/aromatic N) is 2. The number of ether oxygens (including phenoxy) is 2. The highest BCUT2D eigenvalue weighted by atomic mass is 16.5. The molecule has 0 aliphatic carbocycles.